The molecule has 1 saturated heterocycles. The average molecular weight is 478 g/mol. The van der Waals surface area contributed by atoms with Gasteiger partial charge in [0.05, 0.1) is 12.8 Å². The summed E-state index contributed by atoms with van der Waals surface area (Å²) in [6.45, 7) is 4.03. The number of sulfonamides is 1. The first-order valence-corrected chi connectivity index (χ1v) is 12.5. The highest BCUT2D eigenvalue weighted by Crippen LogP contribution is 2.37. The van der Waals surface area contributed by atoms with Crippen LogP contribution in [0.4, 0.5) is 5.69 Å². The van der Waals surface area contributed by atoms with Gasteiger partial charge in [-0.05, 0) is 37.6 Å². The van der Waals surface area contributed by atoms with E-state index in [4.69, 9.17) is 12.2 Å². The number of rotatable bonds is 6. The maximum absolute atomic E-state index is 13.3. The van der Waals surface area contributed by atoms with E-state index in [9.17, 15) is 18.0 Å². The maximum Gasteiger partial charge on any atom is 0.252 e. The van der Waals surface area contributed by atoms with Gasteiger partial charge in [-0.1, -0.05) is 60.4 Å². The van der Waals surface area contributed by atoms with Crippen LogP contribution in [-0.4, -0.2) is 46.5 Å². The Morgan fingerprint density at radius 3 is 2.48 bits per heavy atom. The monoisotopic (exact) mass is 477 g/mol. The summed E-state index contributed by atoms with van der Waals surface area (Å²) in [4.78, 5) is 27.7. The molecule has 1 atom stereocenters. The molecule has 1 unspecified atom stereocenters. The summed E-state index contributed by atoms with van der Waals surface area (Å²) in [7, 11) is -3.48. The van der Waals surface area contributed by atoms with Gasteiger partial charge in [-0.25, -0.2) is 8.42 Å². The third-order valence-corrected chi connectivity index (χ3v) is 6.90. The van der Waals surface area contributed by atoms with E-state index >= 15 is 0 Å². The van der Waals surface area contributed by atoms with E-state index in [1.807, 2.05) is 44.2 Å². The van der Waals surface area contributed by atoms with Gasteiger partial charge in [0.2, 0.25) is 10.0 Å². The zero-order valence-corrected chi connectivity index (χ0v) is 19.7. The lowest BCUT2D eigenvalue weighted by Crippen LogP contribution is -2.62. The Hall–Kier alpha value is -2.43. The lowest BCUT2D eigenvalue weighted by molar-refractivity contribution is -0.130. The zero-order valence-electron chi connectivity index (χ0n) is 17.3. The van der Waals surface area contributed by atoms with Gasteiger partial charge in [-0.2, -0.15) is 0 Å². The molecule has 1 heterocycles. The second-order valence-corrected chi connectivity index (χ2v) is 11.8. The van der Waals surface area contributed by atoms with Crippen molar-refractivity contribution in [1.29, 1.82) is 0 Å². The van der Waals surface area contributed by atoms with E-state index < -0.39 is 26.7 Å². The number of thioether (sulfide) groups is 1. The van der Waals surface area contributed by atoms with E-state index in [1.165, 1.54) is 22.7 Å². The van der Waals surface area contributed by atoms with Crippen molar-refractivity contribution in [3.05, 3.63) is 65.7 Å². The molecule has 31 heavy (non-hydrogen) atoms. The van der Waals surface area contributed by atoms with Crippen molar-refractivity contribution in [2.75, 3.05) is 11.0 Å². The summed E-state index contributed by atoms with van der Waals surface area (Å²) < 4.78 is 25.1. The van der Waals surface area contributed by atoms with Crippen molar-refractivity contribution < 1.29 is 18.0 Å². The van der Waals surface area contributed by atoms with Crippen LogP contribution >= 0.6 is 24.0 Å². The molecule has 0 radical (unpaired) electrons. The lowest BCUT2D eigenvalue weighted by atomic mass is 10.00. The number of carbonyl (C=O) groups is 2. The molecule has 0 aliphatic carbocycles. The number of thiocarbonyl (C=S) groups is 1. The summed E-state index contributed by atoms with van der Waals surface area (Å²) in [5, 5.41) is 2.81. The Balaban J connectivity index is 1.81. The van der Waals surface area contributed by atoms with E-state index in [-0.39, 0.29) is 17.2 Å². The Morgan fingerprint density at radius 2 is 1.84 bits per heavy atom. The Labute approximate surface area is 191 Å². The summed E-state index contributed by atoms with van der Waals surface area (Å²) in [6.07, 6.45) is 1.03. The molecule has 1 aliphatic heterocycles. The van der Waals surface area contributed by atoms with Gasteiger partial charge in [0.15, 0.2) is 0 Å². The van der Waals surface area contributed by atoms with Crippen LogP contribution in [0.2, 0.25) is 0 Å². The van der Waals surface area contributed by atoms with Crippen molar-refractivity contribution in [1.82, 2.24) is 10.2 Å². The number of benzene rings is 2. The molecule has 2 aromatic rings. The fourth-order valence-electron chi connectivity index (χ4n) is 3.18. The molecule has 0 spiro atoms. The molecular weight excluding hydrogens is 454 g/mol. The third kappa shape index (κ3) is 5.84. The molecule has 3 rings (SSSR count). The first kappa shape index (κ1) is 23.2. The number of nitrogens with zero attached hydrogens (tertiary/aromatic N) is 1. The van der Waals surface area contributed by atoms with Gasteiger partial charge >= 0.3 is 0 Å². The normalized spacial score (nSPS) is 18.5. The van der Waals surface area contributed by atoms with E-state index in [1.54, 1.807) is 18.2 Å². The van der Waals surface area contributed by atoms with Gasteiger partial charge in [-0.15, -0.1) is 0 Å². The van der Waals surface area contributed by atoms with Gasteiger partial charge in [-0.3, -0.25) is 19.2 Å². The Morgan fingerprint density at radius 1 is 1.16 bits per heavy atom. The van der Waals surface area contributed by atoms with Gasteiger partial charge < -0.3 is 5.32 Å². The molecule has 2 amide bonds. The zero-order chi connectivity index (χ0) is 22.8. The molecule has 164 valence electrons. The molecule has 1 fully saturated rings. The van der Waals surface area contributed by atoms with Crippen molar-refractivity contribution in [3.63, 3.8) is 0 Å². The summed E-state index contributed by atoms with van der Waals surface area (Å²) in [5.74, 6) is -0.756. The van der Waals surface area contributed by atoms with Crippen LogP contribution in [-0.2, 0) is 21.4 Å². The molecule has 7 nitrogen and oxygen atoms in total. The van der Waals surface area contributed by atoms with Crippen LogP contribution in [0, 0.1) is 0 Å². The molecule has 2 N–H and O–H groups in total. The second-order valence-electron chi connectivity index (χ2n) is 7.74. The standard InChI is InChI=1S/C21H23N3O4S3/c1-21(2)17(19(26)24(20(29)30-21)13-14-8-5-4-6-9-14)22-18(25)15-10-7-11-16(12-15)23-31(3,27)28/h4-12,17,23H,13H2,1-3H3,(H,22,25). The van der Waals surface area contributed by atoms with Gasteiger partial charge in [0, 0.05) is 16.0 Å². The van der Waals surface area contributed by atoms with Crippen LogP contribution in [0.3, 0.4) is 0 Å². The summed E-state index contributed by atoms with van der Waals surface area (Å²) in [6, 6.07) is 14.8. The number of hydrogen-bond donors (Lipinski definition) is 2. The predicted molar refractivity (Wildman–Crippen MR) is 127 cm³/mol. The highest BCUT2D eigenvalue weighted by atomic mass is 32.2. The number of amides is 2. The first-order valence-electron chi connectivity index (χ1n) is 9.43. The predicted octanol–water partition coefficient (Wildman–Crippen LogP) is 3.00. The SMILES string of the molecule is CC1(C)SC(=S)N(Cc2ccccc2)C(=O)C1NC(=O)c1cccc(NS(C)(=O)=O)c1. The molecule has 2 aromatic carbocycles. The van der Waals surface area contributed by atoms with Crippen molar-refractivity contribution >= 4 is 55.8 Å². The Bertz CT molecular complexity index is 1120. The second kappa shape index (κ2) is 8.97. The smallest absolute Gasteiger partial charge is 0.252 e. The van der Waals surface area contributed by atoms with Gasteiger partial charge in [0.1, 0.15) is 10.4 Å². The Kier molecular flexibility index (Phi) is 6.73. The number of anilines is 1. The fourth-order valence-corrected chi connectivity index (χ4v) is 5.52. The van der Waals surface area contributed by atoms with Gasteiger partial charge in [0.25, 0.3) is 11.8 Å². The summed E-state index contributed by atoms with van der Waals surface area (Å²) >= 11 is 6.83. The highest BCUT2D eigenvalue weighted by Gasteiger charge is 2.46. The van der Waals surface area contributed by atoms with Crippen molar-refractivity contribution in [3.8, 4) is 0 Å². The number of hydrogen-bond acceptors (Lipinski definition) is 6. The molecule has 0 aromatic heterocycles. The maximum atomic E-state index is 13.3. The van der Waals surface area contributed by atoms with Crippen molar-refractivity contribution in [2.24, 2.45) is 0 Å². The molecule has 0 saturated carbocycles. The molecule has 1 aliphatic rings. The lowest BCUT2D eigenvalue weighted by Gasteiger charge is -2.42. The number of nitrogens with one attached hydrogen (secondary N) is 2. The van der Waals surface area contributed by atoms with Crippen LogP contribution in [0.1, 0.15) is 29.8 Å². The van der Waals surface area contributed by atoms with E-state index in [0.29, 0.717) is 10.9 Å². The van der Waals surface area contributed by atoms with Crippen LogP contribution < -0.4 is 10.0 Å². The van der Waals surface area contributed by atoms with Crippen LogP contribution in [0.5, 0.6) is 0 Å². The highest BCUT2D eigenvalue weighted by molar-refractivity contribution is 8.24. The van der Waals surface area contributed by atoms with Crippen molar-refractivity contribution in [2.45, 2.75) is 31.2 Å². The van der Waals surface area contributed by atoms with E-state index in [0.717, 1.165) is 11.8 Å². The first-order chi connectivity index (χ1) is 14.5. The third-order valence-electron chi connectivity index (χ3n) is 4.67. The molecule has 10 heteroatoms. The van der Waals surface area contributed by atoms with Crippen LogP contribution in [0.25, 0.3) is 0 Å². The minimum Gasteiger partial charge on any atom is -0.339 e. The van der Waals surface area contributed by atoms with E-state index in [2.05, 4.69) is 10.0 Å². The molecule has 0 bridgehead atoms. The molecular formula is C21H23N3O4S3. The quantitative estimate of drug-likeness (QED) is 0.621. The fraction of sp³-hybridized carbons (Fsp3) is 0.286. The average Bonchev–Trinajstić information content (AvgIpc) is 2.67. The summed E-state index contributed by atoms with van der Waals surface area (Å²) in [5.41, 5.74) is 1.44. The minimum atomic E-state index is -3.48. The largest absolute Gasteiger partial charge is 0.339 e. The minimum absolute atomic E-state index is 0.241. The topological polar surface area (TPSA) is 95.6 Å². The van der Waals surface area contributed by atoms with Crippen LogP contribution in [0.15, 0.2) is 54.6 Å². The number of carbonyl (C=O) groups excluding carboxylic acids is 2.